The van der Waals surface area contributed by atoms with Gasteiger partial charge in [0.1, 0.15) is 5.25 Å². The van der Waals surface area contributed by atoms with Crippen LogP contribution in [-0.2, 0) is 11.2 Å². The summed E-state index contributed by atoms with van der Waals surface area (Å²) in [5.41, 5.74) is 0.571. The number of carboxylic acid groups (broad SMARTS) is 1. The Morgan fingerprint density at radius 1 is 1.27 bits per heavy atom. The minimum Gasteiger partial charge on any atom is -0.480 e. The van der Waals surface area contributed by atoms with Gasteiger partial charge in [0.2, 0.25) is 0 Å². The lowest BCUT2D eigenvalue weighted by atomic mass is 10.1. The van der Waals surface area contributed by atoms with Gasteiger partial charge in [-0.05, 0) is 36.2 Å². The van der Waals surface area contributed by atoms with E-state index in [1.54, 1.807) is 36.4 Å². The first-order chi connectivity index (χ1) is 10.5. The molecule has 0 fully saturated rings. The van der Waals surface area contributed by atoms with Crippen molar-refractivity contribution in [3.63, 3.8) is 0 Å². The molecule has 7 heteroatoms. The second-order valence-corrected chi connectivity index (χ2v) is 6.24. The van der Waals surface area contributed by atoms with Crippen LogP contribution < -0.4 is 0 Å². The molecule has 0 aliphatic rings. The molecular formula is C15H12ClNO4S. The topological polar surface area (TPSA) is 80.4 Å². The number of halogens is 1. The van der Waals surface area contributed by atoms with Gasteiger partial charge in [-0.25, -0.2) is 0 Å². The van der Waals surface area contributed by atoms with Gasteiger partial charge in [-0.1, -0.05) is 23.7 Å². The smallest absolute Gasteiger partial charge is 0.317 e. The number of non-ortho nitro benzene ring substituents is 1. The number of benzene rings is 2. The first kappa shape index (κ1) is 16.3. The lowest BCUT2D eigenvalue weighted by molar-refractivity contribution is -0.384. The third-order valence-electron chi connectivity index (χ3n) is 2.91. The molecule has 2 rings (SSSR count). The van der Waals surface area contributed by atoms with Crippen LogP contribution in [0, 0.1) is 10.1 Å². The quantitative estimate of drug-likeness (QED) is 0.489. The molecule has 0 aliphatic heterocycles. The Balaban J connectivity index is 2.15. The molecule has 0 unspecified atom stereocenters. The standard InChI is InChI=1S/C15H12ClNO4S/c16-11-4-6-13(7-5-11)22-14(15(18)19)9-10-2-1-3-12(8-10)17(20)21/h1-8,14H,9H2,(H,18,19)/t14-/m0/s1. The average molecular weight is 338 g/mol. The summed E-state index contributed by atoms with van der Waals surface area (Å²) < 4.78 is 0. The summed E-state index contributed by atoms with van der Waals surface area (Å²) in [6, 6.07) is 12.9. The lowest BCUT2D eigenvalue weighted by Gasteiger charge is -2.12. The van der Waals surface area contributed by atoms with Crippen molar-refractivity contribution >= 4 is 35.0 Å². The molecule has 0 aromatic heterocycles. The fraction of sp³-hybridized carbons (Fsp3) is 0.133. The van der Waals surface area contributed by atoms with Gasteiger partial charge in [-0.15, -0.1) is 11.8 Å². The van der Waals surface area contributed by atoms with Crippen LogP contribution in [0.2, 0.25) is 5.02 Å². The molecule has 1 atom stereocenters. The summed E-state index contributed by atoms with van der Waals surface area (Å²) in [6.07, 6.45) is 0.199. The first-order valence-electron chi connectivity index (χ1n) is 6.34. The number of carbonyl (C=O) groups is 1. The van der Waals surface area contributed by atoms with Crippen molar-refractivity contribution in [3.05, 3.63) is 69.2 Å². The zero-order valence-corrected chi connectivity index (χ0v) is 12.9. The SMILES string of the molecule is O=C(O)[C@H](Cc1cccc([N+](=O)[O-])c1)Sc1ccc(Cl)cc1. The molecule has 0 bridgehead atoms. The van der Waals surface area contributed by atoms with Gasteiger partial charge in [0.25, 0.3) is 5.69 Å². The molecule has 0 aliphatic carbocycles. The Labute approximate surface area is 136 Å². The van der Waals surface area contributed by atoms with E-state index < -0.39 is 16.1 Å². The van der Waals surface area contributed by atoms with Gasteiger partial charge in [-0.3, -0.25) is 14.9 Å². The van der Waals surface area contributed by atoms with Gasteiger partial charge >= 0.3 is 5.97 Å². The van der Waals surface area contributed by atoms with Crippen molar-refractivity contribution in [3.8, 4) is 0 Å². The highest BCUT2D eigenvalue weighted by molar-refractivity contribution is 8.00. The minimum atomic E-state index is -0.966. The van der Waals surface area contributed by atoms with Crippen LogP contribution in [0.15, 0.2) is 53.4 Å². The largest absolute Gasteiger partial charge is 0.480 e. The van der Waals surface area contributed by atoms with Crippen LogP contribution >= 0.6 is 23.4 Å². The van der Waals surface area contributed by atoms with Crippen LogP contribution in [-0.4, -0.2) is 21.2 Å². The molecule has 2 aromatic carbocycles. The summed E-state index contributed by atoms with van der Waals surface area (Å²) in [5.74, 6) is -0.966. The zero-order valence-electron chi connectivity index (χ0n) is 11.3. The number of nitro groups is 1. The maximum atomic E-state index is 11.4. The van der Waals surface area contributed by atoms with Crippen molar-refractivity contribution < 1.29 is 14.8 Å². The molecule has 22 heavy (non-hydrogen) atoms. The zero-order chi connectivity index (χ0) is 16.1. The second kappa shape index (κ2) is 7.29. The third kappa shape index (κ3) is 4.47. The van der Waals surface area contributed by atoms with Gasteiger partial charge in [0, 0.05) is 22.1 Å². The summed E-state index contributed by atoms with van der Waals surface area (Å²) >= 11 is 6.98. The Kier molecular flexibility index (Phi) is 5.41. The Morgan fingerprint density at radius 2 is 1.95 bits per heavy atom. The van der Waals surface area contributed by atoms with Gasteiger partial charge in [0.05, 0.1) is 4.92 Å². The van der Waals surface area contributed by atoms with E-state index in [1.165, 1.54) is 23.9 Å². The Bertz CT molecular complexity index is 690. The van der Waals surface area contributed by atoms with Crippen LogP contribution in [0.1, 0.15) is 5.56 Å². The van der Waals surface area contributed by atoms with Crippen molar-refractivity contribution in [2.75, 3.05) is 0 Å². The summed E-state index contributed by atoms with van der Waals surface area (Å²) in [5, 5.41) is 20.0. The lowest BCUT2D eigenvalue weighted by Crippen LogP contribution is -2.19. The summed E-state index contributed by atoms with van der Waals surface area (Å²) in [7, 11) is 0. The van der Waals surface area contributed by atoms with Gasteiger partial charge in [0.15, 0.2) is 0 Å². The predicted molar refractivity (Wildman–Crippen MR) is 85.5 cm³/mol. The van der Waals surface area contributed by atoms with Crippen molar-refractivity contribution in [1.29, 1.82) is 0 Å². The molecule has 0 spiro atoms. The molecule has 5 nitrogen and oxygen atoms in total. The van der Waals surface area contributed by atoms with Gasteiger partial charge in [-0.2, -0.15) is 0 Å². The van der Waals surface area contributed by atoms with E-state index in [1.807, 2.05) is 0 Å². The predicted octanol–water partition coefficient (Wildman–Crippen LogP) is 4.04. The number of nitrogens with zero attached hydrogens (tertiary/aromatic N) is 1. The average Bonchev–Trinajstić information content (AvgIpc) is 2.49. The maximum Gasteiger partial charge on any atom is 0.317 e. The second-order valence-electron chi connectivity index (χ2n) is 4.53. The fourth-order valence-electron chi connectivity index (χ4n) is 1.87. The van der Waals surface area contributed by atoms with E-state index in [2.05, 4.69) is 0 Å². The molecule has 0 saturated heterocycles. The minimum absolute atomic E-state index is 0.0434. The van der Waals surface area contributed by atoms with E-state index in [9.17, 15) is 20.0 Å². The highest BCUT2D eigenvalue weighted by Crippen LogP contribution is 2.28. The maximum absolute atomic E-state index is 11.4. The Hall–Kier alpha value is -2.05. The number of hydrogen-bond donors (Lipinski definition) is 1. The van der Waals surface area contributed by atoms with Gasteiger partial charge < -0.3 is 5.11 Å². The number of thioether (sulfide) groups is 1. The molecule has 0 amide bonds. The number of carboxylic acids is 1. The molecular weight excluding hydrogens is 326 g/mol. The van der Waals surface area contributed by atoms with E-state index in [0.717, 1.165) is 4.90 Å². The molecule has 0 radical (unpaired) electrons. The van der Waals surface area contributed by atoms with E-state index in [4.69, 9.17) is 11.6 Å². The van der Waals surface area contributed by atoms with Crippen molar-refractivity contribution in [1.82, 2.24) is 0 Å². The highest BCUT2D eigenvalue weighted by atomic mass is 35.5. The summed E-state index contributed by atoms with van der Waals surface area (Å²) in [4.78, 5) is 22.5. The van der Waals surface area contributed by atoms with Crippen molar-refractivity contribution in [2.45, 2.75) is 16.6 Å². The van der Waals surface area contributed by atoms with Crippen LogP contribution in [0.3, 0.4) is 0 Å². The summed E-state index contributed by atoms with van der Waals surface area (Å²) in [6.45, 7) is 0. The number of rotatable bonds is 6. The molecule has 1 N–H and O–H groups in total. The number of hydrogen-bond acceptors (Lipinski definition) is 4. The molecule has 0 saturated carbocycles. The van der Waals surface area contributed by atoms with Crippen LogP contribution in [0.4, 0.5) is 5.69 Å². The monoisotopic (exact) mass is 337 g/mol. The van der Waals surface area contributed by atoms with Crippen molar-refractivity contribution in [2.24, 2.45) is 0 Å². The molecule has 114 valence electrons. The number of aliphatic carboxylic acids is 1. The van der Waals surface area contributed by atoms with Crippen LogP contribution in [0.25, 0.3) is 0 Å². The molecule has 2 aromatic rings. The normalized spacial score (nSPS) is 11.9. The first-order valence-corrected chi connectivity index (χ1v) is 7.60. The Morgan fingerprint density at radius 3 is 2.55 bits per heavy atom. The van der Waals surface area contributed by atoms with E-state index >= 15 is 0 Å². The number of nitro benzene ring substituents is 1. The fourth-order valence-corrected chi connectivity index (χ4v) is 2.99. The third-order valence-corrected chi connectivity index (χ3v) is 4.36. The van der Waals surface area contributed by atoms with E-state index in [0.29, 0.717) is 10.6 Å². The molecule has 0 heterocycles. The highest BCUT2D eigenvalue weighted by Gasteiger charge is 2.20. The van der Waals surface area contributed by atoms with Crippen LogP contribution in [0.5, 0.6) is 0 Å². The van der Waals surface area contributed by atoms with E-state index in [-0.39, 0.29) is 12.1 Å².